The number of piperidine rings is 1. The average Bonchev–Trinajstić information content (AvgIpc) is 1.88. The van der Waals surface area contributed by atoms with E-state index in [4.69, 9.17) is 0 Å². The van der Waals surface area contributed by atoms with Gasteiger partial charge in [-0.15, -0.1) is 49.6 Å². The highest BCUT2D eigenvalue weighted by atomic mass is 35.5. The van der Waals surface area contributed by atoms with Gasteiger partial charge in [-0.25, -0.2) is 0 Å². The first-order valence-corrected chi connectivity index (χ1v) is 4.14. The van der Waals surface area contributed by atoms with Crippen molar-refractivity contribution in [2.45, 2.75) is 12.8 Å². The Morgan fingerprint density at radius 3 is 1.79 bits per heavy atom. The van der Waals surface area contributed by atoms with Crippen molar-refractivity contribution in [2.75, 3.05) is 33.7 Å². The molecule has 1 heterocycles. The molecule has 92 valence electrons. The van der Waals surface area contributed by atoms with E-state index in [9.17, 15) is 0 Å². The zero-order valence-corrected chi connectivity index (χ0v) is 12.0. The second-order valence-electron chi connectivity index (χ2n) is 3.46. The maximum absolute atomic E-state index is 3.37. The minimum atomic E-state index is 0. The van der Waals surface area contributed by atoms with Gasteiger partial charge in [-0.05, 0) is 45.9 Å². The molecule has 0 spiro atoms. The first-order chi connectivity index (χ1) is 4.79. The van der Waals surface area contributed by atoms with Crippen molar-refractivity contribution in [1.29, 1.82) is 0 Å². The zero-order valence-electron chi connectivity index (χ0n) is 8.69. The van der Waals surface area contributed by atoms with Crippen LogP contribution in [0.2, 0.25) is 0 Å². The molecule has 0 radical (unpaired) electrons. The van der Waals surface area contributed by atoms with Gasteiger partial charge in [-0.2, -0.15) is 0 Å². The fourth-order valence-corrected chi connectivity index (χ4v) is 1.58. The standard InChI is InChI=1S/C8H18N2.4ClH/c1-10(2)7-8-3-5-9-6-4-8;;;;/h8-9H,3-7H2,1-2H3;4*1H. The number of hydrogen-bond donors (Lipinski definition) is 1. The second-order valence-corrected chi connectivity index (χ2v) is 3.46. The molecule has 0 bridgehead atoms. The van der Waals surface area contributed by atoms with Crippen LogP contribution in [0.15, 0.2) is 0 Å². The Morgan fingerprint density at radius 2 is 1.43 bits per heavy atom. The van der Waals surface area contributed by atoms with E-state index in [1.807, 2.05) is 0 Å². The third-order valence-electron chi connectivity index (χ3n) is 2.08. The van der Waals surface area contributed by atoms with Gasteiger partial charge in [0.1, 0.15) is 0 Å². The Labute approximate surface area is 112 Å². The van der Waals surface area contributed by atoms with Crippen LogP contribution in [0, 0.1) is 5.92 Å². The average molecular weight is 288 g/mol. The molecule has 0 amide bonds. The molecule has 0 aliphatic carbocycles. The summed E-state index contributed by atoms with van der Waals surface area (Å²) in [5.74, 6) is 0.941. The van der Waals surface area contributed by atoms with Gasteiger partial charge in [0.25, 0.3) is 0 Å². The lowest BCUT2D eigenvalue weighted by Crippen LogP contribution is -2.33. The number of halogens is 4. The second kappa shape index (κ2) is 14.1. The lowest BCUT2D eigenvalue weighted by atomic mass is 9.98. The zero-order chi connectivity index (χ0) is 7.40. The minimum Gasteiger partial charge on any atom is -0.317 e. The molecule has 0 unspecified atom stereocenters. The largest absolute Gasteiger partial charge is 0.317 e. The van der Waals surface area contributed by atoms with Crippen molar-refractivity contribution >= 4 is 49.6 Å². The van der Waals surface area contributed by atoms with Crippen LogP contribution in [0.1, 0.15) is 12.8 Å². The number of hydrogen-bond acceptors (Lipinski definition) is 2. The van der Waals surface area contributed by atoms with E-state index in [1.54, 1.807) is 0 Å². The molecule has 1 N–H and O–H groups in total. The van der Waals surface area contributed by atoms with E-state index in [0.717, 1.165) is 5.92 Å². The molecule has 2 nitrogen and oxygen atoms in total. The van der Waals surface area contributed by atoms with Crippen molar-refractivity contribution < 1.29 is 0 Å². The Hall–Kier alpha value is 1.08. The van der Waals surface area contributed by atoms with Gasteiger partial charge < -0.3 is 10.2 Å². The number of nitrogens with zero attached hydrogens (tertiary/aromatic N) is 1. The quantitative estimate of drug-likeness (QED) is 0.838. The maximum Gasteiger partial charge on any atom is 0.000451 e. The smallest absolute Gasteiger partial charge is 0.000451 e. The van der Waals surface area contributed by atoms with Gasteiger partial charge in [-0.1, -0.05) is 0 Å². The molecule has 6 heteroatoms. The lowest BCUT2D eigenvalue weighted by Gasteiger charge is -2.25. The molecule has 0 aromatic heterocycles. The summed E-state index contributed by atoms with van der Waals surface area (Å²) in [7, 11) is 4.31. The molecule has 0 atom stereocenters. The molecule has 1 saturated heterocycles. The van der Waals surface area contributed by atoms with E-state index >= 15 is 0 Å². The topological polar surface area (TPSA) is 15.3 Å². The first-order valence-electron chi connectivity index (χ1n) is 4.14. The summed E-state index contributed by atoms with van der Waals surface area (Å²) in [4.78, 5) is 2.29. The highest BCUT2D eigenvalue weighted by Crippen LogP contribution is 2.11. The molecule has 1 aliphatic heterocycles. The molecular formula is C8H22Cl4N2. The van der Waals surface area contributed by atoms with E-state index < -0.39 is 0 Å². The molecule has 0 aromatic rings. The minimum absolute atomic E-state index is 0. The van der Waals surface area contributed by atoms with Crippen molar-refractivity contribution in [2.24, 2.45) is 5.92 Å². The Bertz CT molecular complexity index is 97.3. The van der Waals surface area contributed by atoms with Crippen LogP contribution in [-0.2, 0) is 0 Å². The number of nitrogens with one attached hydrogen (secondary N) is 1. The summed E-state index contributed by atoms with van der Waals surface area (Å²) in [6.07, 6.45) is 2.72. The van der Waals surface area contributed by atoms with Crippen molar-refractivity contribution in [3.05, 3.63) is 0 Å². The lowest BCUT2D eigenvalue weighted by molar-refractivity contribution is 0.273. The van der Waals surface area contributed by atoms with Crippen LogP contribution >= 0.6 is 49.6 Å². The van der Waals surface area contributed by atoms with Gasteiger partial charge in [0.05, 0.1) is 0 Å². The van der Waals surface area contributed by atoms with Gasteiger partial charge >= 0.3 is 0 Å². The molecule has 0 aromatic carbocycles. The highest BCUT2D eigenvalue weighted by Gasteiger charge is 2.12. The third-order valence-corrected chi connectivity index (χ3v) is 2.08. The molecule has 0 saturated carbocycles. The molecule has 1 fully saturated rings. The summed E-state index contributed by atoms with van der Waals surface area (Å²) < 4.78 is 0. The number of rotatable bonds is 2. The van der Waals surface area contributed by atoms with E-state index in [-0.39, 0.29) is 49.6 Å². The van der Waals surface area contributed by atoms with E-state index in [2.05, 4.69) is 24.3 Å². The SMILES string of the molecule is CN(C)CC1CCNCC1.Cl.Cl.Cl.Cl. The van der Waals surface area contributed by atoms with Gasteiger partial charge in [0.2, 0.25) is 0 Å². The Kier molecular flexibility index (Phi) is 24.5. The monoisotopic (exact) mass is 286 g/mol. The predicted molar refractivity (Wildman–Crippen MR) is 73.1 cm³/mol. The van der Waals surface area contributed by atoms with Crippen LogP contribution in [0.3, 0.4) is 0 Å². The molecule has 1 rings (SSSR count). The Morgan fingerprint density at radius 1 is 1.00 bits per heavy atom. The predicted octanol–water partition coefficient (Wildman–Crippen LogP) is 2.23. The normalized spacial score (nSPS) is 15.6. The maximum atomic E-state index is 3.37. The van der Waals surface area contributed by atoms with Crippen LogP contribution in [0.25, 0.3) is 0 Å². The van der Waals surface area contributed by atoms with Crippen LogP contribution in [-0.4, -0.2) is 38.6 Å². The molecule has 1 aliphatic rings. The van der Waals surface area contributed by atoms with E-state index in [1.165, 1.54) is 32.5 Å². The summed E-state index contributed by atoms with van der Waals surface area (Å²) in [5.41, 5.74) is 0. The summed E-state index contributed by atoms with van der Waals surface area (Å²) in [6.45, 7) is 3.71. The summed E-state index contributed by atoms with van der Waals surface area (Å²) in [5, 5.41) is 3.37. The fourth-order valence-electron chi connectivity index (χ4n) is 1.58. The van der Waals surface area contributed by atoms with Gasteiger partial charge in [0, 0.05) is 6.54 Å². The third kappa shape index (κ3) is 11.2. The van der Waals surface area contributed by atoms with Crippen molar-refractivity contribution in [1.82, 2.24) is 10.2 Å². The summed E-state index contributed by atoms with van der Waals surface area (Å²) in [6, 6.07) is 0. The fraction of sp³-hybridized carbons (Fsp3) is 1.00. The van der Waals surface area contributed by atoms with Crippen LogP contribution in [0.5, 0.6) is 0 Å². The molecule has 14 heavy (non-hydrogen) atoms. The van der Waals surface area contributed by atoms with Crippen molar-refractivity contribution in [3.63, 3.8) is 0 Å². The first kappa shape index (κ1) is 24.4. The Balaban J connectivity index is -0.000000125. The van der Waals surface area contributed by atoms with E-state index in [0.29, 0.717) is 0 Å². The molecular weight excluding hydrogens is 266 g/mol. The highest BCUT2D eigenvalue weighted by molar-refractivity contribution is 5.86. The van der Waals surface area contributed by atoms with Gasteiger partial charge in [-0.3, -0.25) is 0 Å². The van der Waals surface area contributed by atoms with Crippen LogP contribution in [0.4, 0.5) is 0 Å². The van der Waals surface area contributed by atoms with Gasteiger partial charge in [0.15, 0.2) is 0 Å². The van der Waals surface area contributed by atoms with Crippen molar-refractivity contribution in [3.8, 4) is 0 Å². The van der Waals surface area contributed by atoms with Crippen LogP contribution < -0.4 is 5.32 Å². The summed E-state index contributed by atoms with van der Waals surface area (Å²) >= 11 is 0.